The Morgan fingerprint density at radius 1 is 1.17 bits per heavy atom. The van der Waals surface area contributed by atoms with Gasteiger partial charge in [-0.3, -0.25) is 4.79 Å². The van der Waals surface area contributed by atoms with Crippen LogP contribution in [0.4, 0.5) is 24.5 Å². The molecule has 152 valence electrons. The molecule has 0 spiro atoms. The number of anilines is 2. The van der Waals surface area contributed by atoms with Crippen LogP contribution in [0.2, 0.25) is 5.02 Å². The van der Waals surface area contributed by atoms with Crippen LogP contribution in [0.15, 0.2) is 54.2 Å². The molecule has 2 aromatic carbocycles. The van der Waals surface area contributed by atoms with Gasteiger partial charge >= 0.3 is 6.18 Å². The molecule has 0 aromatic heterocycles. The number of hydrogen-bond donors (Lipinski definition) is 2. The van der Waals surface area contributed by atoms with Gasteiger partial charge < -0.3 is 10.6 Å². The highest BCUT2D eigenvalue weighted by molar-refractivity contribution is 6.31. The van der Waals surface area contributed by atoms with Gasteiger partial charge in [0, 0.05) is 17.6 Å². The summed E-state index contributed by atoms with van der Waals surface area (Å²) in [4.78, 5) is 12.3. The highest BCUT2D eigenvalue weighted by Gasteiger charge is 2.33. The Morgan fingerprint density at radius 3 is 2.41 bits per heavy atom. The average Bonchev–Trinajstić information content (AvgIpc) is 2.68. The minimum atomic E-state index is -4.61. The van der Waals surface area contributed by atoms with E-state index in [1.165, 1.54) is 6.07 Å². The van der Waals surface area contributed by atoms with Crippen LogP contribution in [0.1, 0.15) is 30.9 Å². The predicted molar refractivity (Wildman–Crippen MR) is 107 cm³/mol. The summed E-state index contributed by atoms with van der Waals surface area (Å²) in [7, 11) is 0. The summed E-state index contributed by atoms with van der Waals surface area (Å²) in [5.74, 6) is -0.675. The van der Waals surface area contributed by atoms with Gasteiger partial charge in [-0.05, 0) is 48.7 Å². The minimum Gasteiger partial charge on any atom is -0.360 e. The molecule has 2 N–H and O–H groups in total. The number of rotatable bonds is 7. The largest absolute Gasteiger partial charge is 0.417 e. The lowest BCUT2D eigenvalue weighted by Gasteiger charge is -2.11. The summed E-state index contributed by atoms with van der Waals surface area (Å²) in [6.45, 7) is 2.10. The fourth-order valence-corrected chi connectivity index (χ4v) is 2.70. The van der Waals surface area contributed by atoms with Crippen LogP contribution in [-0.2, 0) is 17.4 Å². The van der Waals surface area contributed by atoms with E-state index in [4.69, 9.17) is 11.6 Å². The molecule has 0 heterocycles. The van der Waals surface area contributed by atoms with Crippen molar-refractivity contribution in [1.29, 1.82) is 5.26 Å². The van der Waals surface area contributed by atoms with Gasteiger partial charge in [-0.15, -0.1) is 0 Å². The van der Waals surface area contributed by atoms with Gasteiger partial charge in [0.1, 0.15) is 11.6 Å². The quantitative estimate of drug-likeness (QED) is 0.415. The van der Waals surface area contributed by atoms with Gasteiger partial charge in [0.15, 0.2) is 0 Å². The van der Waals surface area contributed by atoms with Crippen LogP contribution in [0.5, 0.6) is 0 Å². The van der Waals surface area contributed by atoms with Crippen molar-refractivity contribution in [3.8, 4) is 6.07 Å². The van der Waals surface area contributed by atoms with Crippen molar-refractivity contribution in [1.82, 2.24) is 0 Å². The minimum absolute atomic E-state index is 0.0440. The Kier molecular flexibility index (Phi) is 7.68. The van der Waals surface area contributed by atoms with Gasteiger partial charge in [0.05, 0.1) is 10.6 Å². The van der Waals surface area contributed by atoms with Crippen molar-refractivity contribution in [3.63, 3.8) is 0 Å². The van der Waals surface area contributed by atoms with E-state index in [0.717, 1.165) is 43.2 Å². The molecule has 0 saturated carbocycles. The number of nitrogens with one attached hydrogen (secondary N) is 2. The van der Waals surface area contributed by atoms with Gasteiger partial charge in [-0.25, -0.2) is 0 Å². The number of nitriles is 1. The van der Waals surface area contributed by atoms with Crippen molar-refractivity contribution in [2.24, 2.45) is 0 Å². The second-order valence-corrected chi connectivity index (χ2v) is 6.67. The van der Waals surface area contributed by atoms with Crippen molar-refractivity contribution < 1.29 is 18.0 Å². The normalized spacial score (nSPS) is 11.7. The maximum absolute atomic E-state index is 12.9. The molecule has 0 unspecified atom stereocenters. The maximum Gasteiger partial charge on any atom is 0.417 e. The van der Waals surface area contributed by atoms with Gasteiger partial charge in [0.2, 0.25) is 0 Å². The number of benzene rings is 2. The number of carbonyl (C=O) groups excluding carboxylic acids is 1. The van der Waals surface area contributed by atoms with E-state index in [1.807, 2.05) is 12.1 Å². The summed E-state index contributed by atoms with van der Waals surface area (Å²) in [5.41, 5.74) is 0.405. The van der Waals surface area contributed by atoms with Gasteiger partial charge in [-0.2, -0.15) is 18.4 Å². The fraction of sp³-hybridized carbons (Fsp3) is 0.238. The highest BCUT2D eigenvalue weighted by atomic mass is 35.5. The number of amides is 1. The molecule has 0 saturated heterocycles. The molecule has 0 radical (unpaired) electrons. The van der Waals surface area contributed by atoms with Crippen molar-refractivity contribution in [2.45, 2.75) is 32.4 Å². The van der Waals surface area contributed by atoms with E-state index in [2.05, 4.69) is 17.6 Å². The predicted octanol–water partition coefficient (Wildman–Crippen LogP) is 6.16. The molecule has 2 rings (SSSR count). The van der Waals surface area contributed by atoms with E-state index < -0.39 is 22.7 Å². The van der Waals surface area contributed by atoms with Gasteiger partial charge in [0.25, 0.3) is 5.91 Å². The number of aryl methyl sites for hydroxylation is 1. The third-order valence-corrected chi connectivity index (χ3v) is 4.38. The lowest BCUT2D eigenvalue weighted by atomic mass is 10.1. The third-order valence-electron chi connectivity index (χ3n) is 4.05. The lowest BCUT2D eigenvalue weighted by molar-refractivity contribution is -0.137. The molecular formula is C21H19ClF3N3O. The molecule has 0 bridgehead atoms. The number of hydrogen-bond acceptors (Lipinski definition) is 3. The van der Waals surface area contributed by atoms with E-state index in [0.29, 0.717) is 5.69 Å². The third kappa shape index (κ3) is 6.54. The van der Waals surface area contributed by atoms with E-state index in [-0.39, 0.29) is 11.3 Å². The lowest BCUT2D eigenvalue weighted by Crippen LogP contribution is -2.14. The number of nitrogens with zero attached hydrogens (tertiary/aromatic N) is 1. The fourth-order valence-electron chi connectivity index (χ4n) is 2.47. The first kappa shape index (κ1) is 22.3. The summed E-state index contributed by atoms with van der Waals surface area (Å²) < 4.78 is 38.8. The molecule has 29 heavy (non-hydrogen) atoms. The maximum atomic E-state index is 12.9. The molecule has 0 aliphatic rings. The monoisotopic (exact) mass is 421 g/mol. The molecule has 0 aliphatic heterocycles. The summed E-state index contributed by atoms with van der Waals surface area (Å²) >= 11 is 5.57. The van der Waals surface area contributed by atoms with Crippen molar-refractivity contribution in [2.75, 3.05) is 10.6 Å². The number of carbonyl (C=O) groups is 1. The van der Waals surface area contributed by atoms with Crippen LogP contribution in [0, 0.1) is 11.3 Å². The molecule has 4 nitrogen and oxygen atoms in total. The van der Waals surface area contributed by atoms with E-state index >= 15 is 0 Å². The zero-order chi connectivity index (χ0) is 21.4. The zero-order valence-corrected chi connectivity index (χ0v) is 16.4. The number of halogens is 4. The Hall–Kier alpha value is -2.98. The molecule has 0 aliphatic carbocycles. The van der Waals surface area contributed by atoms with Crippen LogP contribution in [0.3, 0.4) is 0 Å². The molecule has 2 aromatic rings. The van der Waals surface area contributed by atoms with E-state index in [1.54, 1.807) is 18.2 Å². The van der Waals surface area contributed by atoms with Crippen LogP contribution in [0.25, 0.3) is 0 Å². The summed E-state index contributed by atoms with van der Waals surface area (Å²) in [5, 5.41) is 13.9. The smallest absolute Gasteiger partial charge is 0.360 e. The van der Waals surface area contributed by atoms with Crippen molar-refractivity contribution in [3.05, 3.63) is 70.4 Å². The first-order valence-electron chi connectivity index (χ1n) is 8.88. The summed E-state index contributed by atoms with van der Waals surface area (Å²) in [6.07, 6.45) is -0.468. The second-order valence-electron chi connectivity index (χ2n) is 6.26. The Bertz CT molecular complexity index is 932. The zero-order valence-electron chi connectivity index (χ0n) is 15.6. The molecule has 1 amide bonds. The van der Waals surface area contributed by atoms with Crippen LogP contribution in [-0.4, -0.2) is 5.91 Å². The second kappa shape index (κ2) is 9.99. The highest BCUT2D eigenvalue weighted by Crippen LogP contribution is 2.36. The first-order valence-corrected chi connectivity index (χ1v) is 9.26. The Labute approximate surface area is 172 Å². The first-order chi connectivity index (χ1) is 13.7. The standard InChI is InChI=1S/C21H19ClF3N3O/c1-2-3-4-14-5-7-16(8-6-14)28-20(29)15(12-26)13-27-17-9-10-19(22)18(11-17)21(23,24)25/h5-11,13,27H,2-4H2,1H3,(H,28,29)/b15-13-. The Morgan fingerprint density at radius 2 is 1.83 bits per heavy atom. The summed E-state index contributed by atoms with van der Waals surface area (Å²) in [6, 6.07) is 12.2. The average molecular weight is 422 g/mol. The molecule has 0 atom stereocenters. The Balaban J connectivity index is 2.08. The van der Waals surface area contributed by atoms with Gasteiger partial charge in [-0.1, -0.05) is 37.1 Å². The number of alkyl halides is 3. The molecular weight excluding hydrogens is 403 g/mol. The van der Waals surface area contributed by atoms with Crippen LogP contribution >= 0.6 is 11.6 Å². The van der Waals surface area contributed by atoms with Crippen molar-refractivity contribution >= 4 is 28.9 Å². The molecule has 0 fully saturated rings. The SMILES string of the molecule is CCCCc1ccc(NC(=O)/C(C#N)=C\Nc2ccc(Cl)c(C(F)(F)F)c2)cc1. The van der Waals surface area contributed by atoms with Crippen LogP contribution < -0.4 is 10.6 Å². The number of unbranched alkanes of at least 4 members (excludes halogenated alkanes) is 1. The molecule has 8 heteroatoms. The van der Waals surface area contributed by atoms with E-state index in [9.17, 15) is 23.2 Å². The topological polar surface area (TPSA) is 64.9 Å².